The van der Waals surface area contributed by atoms with Crippen LogP contribution in [0.2, 0.25) is 0 Å². The van der Waals surface area contributed by atoms with E-state index >= 15 is 0 Å². The average molecular weight is 822 g/mol. The zero-order chi connectivity index (χ0) is 42.8. The lowest BCUT2D eigenvalue weighted by atomic mass is 10.0. The number of amides is 1. The molecule has 0 bridgehead atoms. The third-order valence-corrected chi connectivity index (χ3v) is 11.4. The zero-order valence-electron chi connectivity index (χ0n) is 39.3. The van der Waals surface area contributed by atoms with E-state index in [9.17, 15) is 15.0 Å². The second-order valence-corrected chi connectivity index (χ2v) is 17.2. The van der Waals surface area contributed by atoms with Gasteiger partial charge in [0.25, 0.3) is 0 Å². The number of rotatable bonds is 46. The number of unbranched alkanes of at least 4 members (excludes halogenated alkanes) is 29. The third kappa shape index (κ3) is 46.7. The number of aliphatic hydroxyl groups is 2. The van der Waals surface area contributed by atoms with Gasteiger partial charge in [-0.25, -0.2) is 0 Å². The van der Waals surface area contributed by atoms with Gasteiger partial charge < -0.3 is 15.5 Å². The first-order valence-electron chi connectivity index (χ1n) is 25.7. The van der Waals surface area contributed by atoms with E-state index in [2.05, 4.69) is 79.9 Å². The Labute approximate surface area is 368 Å². The lowest BCUT2D eigenvalue weighted by molar-refractivity contribution is -0.123. The molecular formula is C55H99NO3. The average Bonchev–Trinajstić information content (AvgIpc) is 3.24. The first kappa shape index (κ1) is 56.8. The van der Waals surface area contributed by atoms with Crippen LogP contribution in [0.15, 0.2) is 72.9 Å². The molecule has 0 aliphatic carbocycles. The molecular weight excluding hydrogens is 723 g/mol. The monoisotopic (exact) mass is 822 g/mol. The highest BCUT2D eigenvalue weighted by atomic mass is 16.3. The Hall–Kier alpha value is -2.17. The predicted octanol–water partition coefficient (Wildman–Crippen LogP) is 16.6. The van der Waals surface area contributed by atoms with Crippen molar-refractivity contribution in [3.8, 4) is 0 Å². The molecule has 0 aliphatic rings. The predicted molar refractivity (Wildman–Crippen MR) is 262 cm³/mol. The van der Waals surface area contributed by atoms with Crippen LogP contribution in [0.5, 0.6) is 0 Å². The second kappa shape index (κ2) is 50.2. The van der Waals surface area contributed by atoms with Gasteiger partial charge in [-0.3, -0.25) is 4.79 Å². The van der Waals surface area contributed by atoms with E-state index in [0.717, 1.165) is 57.8 Å². The molecule has 3 N–H and O–H groups in total. The van der Waals surface area contributed by atoms with Crippen molar-refractivity contribution in [1.29, 1.82) is 0 Å². The summed E-state index contributed by atoms with van der Waals surface area (Å²) in [6.45, 7) is 4.21. The fraction of sp³-hybridized carbons (Fsp3) is 0.764. The van der Waals surface area contributed by atoms with Crippen LogP contribution >= 0.6 is 0 Å². The summed E-state index contributed by atoms with van der Waals surface area (Å²) in [6.07, 6.45) is 71.8. The van der Waals surface area contributed by atoms with E-state index in [0.29, 0.717) is 6.42 Å². The standard InChI is InChI=1S/C55H99NO3/c1-3-5-7-9-11-13-15-17-19-21-23-24-25-26-27-28-29-30-31-32-33-35-37-39-41-43-45-47-49-51-55(59)56-53(52-57)54(58)50-48-46-44-42-40-38-36-34-22-20-18-16-14-12-10-8-6-4-2/h5,7,11,13,17,19,23-24,26-27,48,50,53-54,57-58H,3-4,6,8-10,12,14-16,18,20-22,25,28-47,49,51-52H2,1-2H3,(H,56,59)/b7-5-,13-11-,19-17-,24-23-,27-26-,50-48+. The molecule has 0 saturated heterocycles. The van der Waals surface area contributed by atoms with Crippen molar-refractivity contribution in [3.05, 3.63) is 72.9 Å². The van der Waals surface area contributed by atoms with Crippen LogP contribution in [-0.4, -0.2) is 34.9 Å². The number of nitrogens with one attached hydrogen (secondary N) is 1. The Bertz CT molecular complexity index is 1020. The second-order valence-electron chi connectivity index (χ2n) is 17.2. The summed E-state index contributed by atoms with van der Waals surface area (Å²) in [5.41, 5.74) is 0. The molecule has 2 atom stereocenters. The summed E-state index contributed by atoms with van der Waals surface area (Å²) in [6, 6.07) is -0.626. The zero-order valence-corrected chi connectivity index (χ0v) is 39.3. The van der Waals surface area contributed by atoms with Crippen molar-refractivity contribution >= 4 is 5.91 Å². The minimum Gasteiger partial charge on any atom is -0.394 e. The van der Waals surface area contributed by atoms with Gasteiger partial charge >= 0.3 is 0 Å². The molecule has 342 valence electrons. The van der Waals surface area contributed by atoms with E-state index in [1.54, 1.807) is 6.08 Å². The molecule has 0 aromatic rings. The number of aliphatic hydroxyl groups excluding tert-OH is 2. The fourth-order valence-electron chi connectivity index (χ4n) is 7.56. The van der Waals surface area contributed by atoms with E-state index in [1.165, 1.54) is 173 Å². The van der Waals surface area contributed by atoms with Crippen molar-refractivity contribution in [2.75, 3.05) is 6.61 Å². The van der Waals surface area contributed by atoms with E-state index < -0.39 is 12.1 Å². The first-order valence-corrected chi connectivity index (χ1v) is 25.7. The Morgan fingerprint density at radius 2 is 0.746 bits per heavy atom. The third-order valence-electron chi connectivity index (χ3n) is 11.4. The number of carbonyl (C=O) groups excluding carboxylic acids is 1. The van der Waals surface area contributed by atoms with Crippen LogP contribution in [0, 0.1) is 0 Å². The first-order chi connectivity index (χ1) is 29.2. The van der Waals surface area contributed by atoms with Crippen LogP contribution in [0.4, 0.5) is 0 Å². The van der Waals surface area contributed by atoms with Gasteiger partial charge in [0.15, 0.2) is 0 Å². The highest BCUT2D eigenvalue weighted by molar-refractivity contribution is 5.76. The minimum atomic E-state index is -0.842. The van der Waals surface area contributed by atoms with E-state index in [-0.39, 0.29) is 12.5 Å². The van der Waals surface area contributed by atoms with E-state index in [1.807, 2.05) is 6.08 Å². The summed E-state index contributed by atoms with van der Waals surface area (Å²) >= 11 is 0. The summed E-state index contributed by atoms with van der Waals surface area (Å²) in [7, 11) is 0. The van der Waals surface area contributed by atoms with Crippen LogP contribution < -0.4 is 5.32 Å². The van der Waals surface area contributed by atoms with Crippen molar-refractivity contribution < 1.29 is 15.0 Å². The van der Waals surface area contributed by atoms with Crippen molar-refractivity contribution in [1.82, 2.24) is 5.32 Å². The Morgan fingerprint density at radius 3 is 1.12 bits per heavy atom. The summed E-state index contributed by atoms with van der Waals surface area (Å²) in [4.78, 5) is 12.4. The van der Waals surface area contributed by atoms with Crippen LogP contribution in [0.25, 0.3) is 0 Å². The Morgan fingerprint density at radius 1 is 0.424 bits per heavy atom. The molecule has 0 saturated carbocycles. The SMILES string of the molecule is CC/C=C\C/C=C\C/C=C\C/C=C\C/C=C\CCCCCCCCCCCCCCCC(=O)NC(CO)C(O)/C=C/CCCCCCCCCCCCCCCCCC. The van der Waals surface area contributed by atoms with Gasteiger partial charge in [0.2, 0.25) is 5.91 Å². The molecule has 1 amide bonds. The maximum atomic E-state index is 12.4. The molecule has 4 heteroatoms. The van der Waals surface area contributed by atoms with Gasteiger partial charge in [-0.05, 0) is 64.2 Å². The quantitative estimate of drug-likeness (QED) is 0.0423. The lowest BCUT2D eigenvalue weighted by Crippen LogP contribution is -2.45. The van der Waals surface area contributed by atoms with Crippen LogP contribution in [0.1, 0.15) is 251 Å². The molecule has 0 radical (unpaired) electrons. The molecule has 0 aliphatic heterocycles. The van der Waals surface area contributed by atoms with Crippen molar-refractivity contribution in [2.45, 2.75) is 264 Å². The molecule has 0 heterocycles. The molecule has 2 unspecified atom stereocenters. The number of allylic oxidation sites excluding steroid dienone is 11. The molecule has 59 heavy (non-hydrogen) atoms. The molecule has 0 aromatic heterocycles. The topological polar surface area (TPSA) is 69.6 Å². The lowest BCUT2D eigenvalue weighted by Gasteiger charge is -2.20. The van der Waals surface area contributed by atoms with Gasteiger partial charge in [-0.1, -0.05) is 254 Å². The van der Waals surface area contributed by atoms with Gasteiger partial charge in [-0.2, -0.15) is 0 Å². The molecule has 0 spiro atoms. The Kier molecular flexibility index (Phi) is 48.3. The number of hydrogen-bond acceptors (Lipinski definition) is 3. The minimum absolute atomic E-state index is 0.0662. The van der Waals surface area contributed by atoms with Crippen LogP contribution in [0.3, 0.4) is 0 Å². The van der Waals surface area contributed by atoms with Gasteiger partial charge in [0, 0.05) is 6.42 Å². The summed E-state index contributed by atoms with van der Waals surface area (Å²) < 4.78 is 0. The number of carbonyl (C=O) groups is 1. The maximum Gasteiger partial charge on any atom is 0.220 e. The normalized spacial score (nSPS) is 13.5. The Balaban J connectivity index is 3.54. The largest absolute Gasteiger partial charge is 0.394 e. The molecule has 0 rings (SSSR count). The van der Waals surface area contributed by atoms with Gasteiger partial charge in [0.05, 0.1) is 18.8 Å². The maximum absolute atomic E-state index is 12.4. The fourth-order valence-corrected chi connectivity index (χ4v) is 7.56. The highest BCUT2D eigenvalue weighted by Gasteiger charge is 2.18. The molecule has 0 aromatic carbocycles. The van der Waals surface area contributed by atoms with E-state index in [4.69, 9.17) is 0 Å². The van der Waals surface area contributed by atoms with Crippen molar-refractivity contribution in [3.63, 3.8) is 0 Å². The molecule has 0 fully saturated rings. The smallest absolute Gasteiger partial charge is 0.220 e. The number of hydrogen-bond donors (Lipinski definition) is 3. The van der Waals surface area contributed by atoms with Gasteiger partial charge in [-0.15, -0.1) is 0 Å². The molecule has 4 nitrogen and oxygen atoms in total. The highest BCUT2D eigenvalue weighted by Crippen LogP contribution is 2.16. The van der Waals surface area contributed by atoms with Crippen LogP contribution in [-0.2, 0) is 4.79 Å². The summed E-state index contributed by atoms with van der Waals surface area (Å²) in [5.74, 6) is -0.0662. The van der Waals surface area contributed by atoms with Crippen molar-refractivity contribution in [2.24, 2.45) is 0 Å². The van der Waals surface area contributed by atoms with Gasteiger partial charge in [0.1, 0.15) is 0 Å². The summed E-state index contributed by atoms with van der Waals surface area (Å²) in [5, 5.41) is 23.1.